The van der Waals surface area contributed by atoms with Crippen molar-refractivity contribution >= 4 is 21.5 Å². The van der Waals surface area contributed by atoms with Gasteiger partial charge in [-0.05, 0) is 37.5 Å². The molecule has 0 unspecified atom stereocenters. The van der Waals surface area contributed by atoms with E-state index in [-0.39, 0.29) is 11.5 Å². The normalized spacial score (nSPS) is 12.6. The molecule has 128 valence electrons. The van der Waals surface area contributed by atoms with Gasteiger partial charge in [0.2, 0.25) is 10.0 Å². The third-order valence-electron chi connectivity index (χ3n) is 3.62. The van der Waals surface area contributed by atoms with Crippen molar-refractivity contribution < 1.29 is 13.2 Å². The smallest absolute Gasteiger partial charge is 0.234 e. The SMILES string of the molecule is CC(=O)c1cccc(NS(=O)(=O)C[C@@H](N)CCc2ccccc2)c1. The number of rotatable bonds is 8. The van der Waals surface area contributed by atoms with Gasteiger partial charge in [0.1, 0.15) is 0 Å². The fourth-order valence-corrected chi connectivity index (χ4v) is 3.68. The molecule has 0 aliphatic rings. The number of hydrogen-bond donors (Lipinski definition) is 2. The van der Waals surface area contributed by atoms with Crippen molar-refractivity contribution in [1.29, 1.82) is 0 Å². The highest BCUT2D eigenvalue weighted by atomic mass is 32.2. The van der Waals surface area contributed by atoms with Crippen molar-refractivity contribution in [2.75, 3.05) is 10.5 Å². The quantitative estimate of drug-likeness (QED) is 0.719. The first-order valence-corrected chi connectivity index (χ1v) is 9.42. The largest absolute Gasteiger partial charge is 0.327 e. The second kappa shape index (κ2) is 8.08. The number of nitrogens with one attached hydrogen (secondary N) is 1. The molecule has 5 nitrogen and oxygen atoms in total. The maximum Gasteiger partial charge on any atom is 0.234 e. The van der Waals surface area contributed by atoms with Crippen LogP contribution < -0.4 is 10.5 Å². The van der Waals surface area contributed by atoms with Crippen LogP contribution in [0.25, 0.3) is 0 Å². The van der Waals surface area contributed by atoms with Gasteiger partial charge < -0.3 is 5.73 Å². The van der Waals surface area contributed by atoms with Crippen molar-refractivity contribution in [2.24, 2.45) is 5.73 Å². The van der Waals surface area contributed by atoms with Crippen LogP contribution in [0, 0.1) is 0 Å². The lowest BCUT2D eigenvalue weighted by Crippen LogP contribution is -2.33. The predicted molar refractivity (Wildman–Crippen MR) is 96.6 cm³/mol. The molecular formula is C18H22N2O3S. The summed E-state index contributed by atoms with van der Waals surface area (Å²) in [6, 6.07) is 15.8. The first-order chi connectivity index (χ1) is 11.4. The van der Waals surface area contributed by atoms with Crippen molar-refractivity contribution in [1.82, 2.24) is 0 Å². The monoisotopic (exact) mass is 346 g/mol. The summed E-state index contributed by atoms with van der Waals surface area (Å²) < 4.78 is 26.9. The molecule has 0 amide bonds. The average molecular weight is 346 g/mol. The van der Waals surface area contributed by atoms with E-state index in [4.69, 9.17) is 5.73 Å². The van der Waals surface area contributed by atoms with Crippen molar-refractivity contribution in [3.05, 3.63) is 65.7 Å². The minimum absolute atomic E-state index is 0.115. The van der Waals surface area contributed by atoms with Crippen LogP contribution in [0.2, 0.25) is 0 Å². The summed E-state index contributed by atoms with van der Waals surface area (Å²) in [5.41, 5.74) is 7.93. The average Bonchev–Trinajstić information content (AvgIpc) is 2.53. The Hall–Kier alpha value is -2.18. The zero-order valence-corrected chi connectivity index (χ0v) is 14.4. The zero-order chi connectivity index (χ0) is 17.6. The van der Waals surface area contributed by atoms with E-state index in [2.05, 4.69) is 4.72 Å². The standard InChI is InChI=1S/C18H22N2O3S/c1-14(21)16-8-5-9-18(12-16)20-24(22,23)13-17(19)11-10-15-6-3-2-4-7-15/h2-9,12,17,20H,10-11,13,19H2,1H3/t17-/m0/s1. The molecule has 0 aromatic heterocycles. The molecule has 1 atom stereocenters. The Labute approximate surface area is 142 Å². The molecule has 0 fully saturated rings. The number of benzene rings is 2. The summed E-state index contributed by atoms with van der Waals surface area (Å²) in [7, 11) is -3.57. The molecule has 0 saturated heterocycles. The maximum atomic E-state index is 12.2. The van der Waals surface area contributed by atoms with Crippen LogP contribution >= 0.6 is 0 Å². The number of carbonyl (C=O) groups excluding carboxylic acids is 1. The van der Waals surface area contributed by atoms with Crippen LogP contribution in [0.1, 0.15) is 29.3 Å². The van der Waals surface area contributed by atoms with Gasteiger partial charge >= 0.3 is 0 Å². The Balaban J connectivity index is 1.93. The number of anilines is 1. The lowest BCUT2D eigenvalue weighted by molar-refractivity contribution is 0.101. The molecular weight excluding hydrogens is 324 g/mol. The van der Waals surface area contributed by atoms with Gasteiger partial charge in [0, 0.05) is 17.3 Å². The Morgan fingerprint density at radius 2 is 1.83 bits per heavy atom. The molecule has 3 N–H and O–H groups in total. The number of nitrogens with two attached hydrogens (primary N) is 1. The zero-order valence-electron chi connectivity index (χ0n) is 13.6. The number of aryl methyl sites for hydroxylation is 1. The number of sulfonamides is 1. The first kappa shape index (κ1) is 18.2. The number of hydrogen-bond acceptors (Lipinski definition) is 4. The fraction of sp³-hybridized carbons (Fsp3) is 0.278. The maximum absolute atomic E-state index is 12.2. The van der Waals surface area contributed by atoms with Gasteiger partial charge in [-0.15, -0.1) is 0 Å². The number of carbonyl (C=O) groups is 1. The molecule has 0 aliphatic carbocycles. The second-order valence-electron chi connectivity index (χ2n) is 5.80. The van der Waals surface area contributed by atoms with Crippen LogP contribution in [0.4, 0.5) is 5.69 Å². The lowest BCUT2D eigenvalue weighted by atomic mass is 10.1. The molecule has 0 heterocycles. The van der Waals surface area contributed by atoms with E-state index in [1.807, 2.05) is 30.3 Å². The van der Waals surface area contributed by atoms with E-state index < -0.39 is 16.1 Å². The predicted octanol–water partition coefficient (Wildman–Crippen LogP) is 2.59. The Kier molecular flexibility index (Phi) is 6.11. The second-order valence-corrected chi connectivity index (χ2v) is 7.57. The topological polar surface area (TPSA) is 89.3 Å². The summed E-state index contributed by atoms with van der Waals surface area (Å²) >= 11 is 0. The summed E-state index contributed by atoms with van der Waals surface area (Å²) in [5, 5.41) is 0. The highest BCUT2D eigenvalue weighted by Crippen LogP contribution is 2.14. The summed E-state index contributed by atoms with van der Waals surface area (Å²) in [4.78, 5) is 11.4. The number of Topliss-reactive ketones (excluding diaryl/α,β-unsaturated/α-hetero) is 1. The van der Waals surface area contributed by atoms with Gasteiger partial charge in [-0.2, -0.15) is 0 Å². The molecule has 0 aliphatic heterocycles. The van der Waals surface area contributed by atoms with Crippen LogP contribution in [0.5, 0.6) is 0 Å². The fourth-order valence-electron chi connectivity index (χ4n) is 2.38. The molecule has 2 rings (SSSR count). The van der Waals surface area contributed by atoms with E-state index in [1.165, 1.54) is 13.0 Å². The van der Waals surface area contributed by atoms with E-state index in [0.29, 0.717) is 17.7 Å². The van der Waals surface area contributed by atoms with Gasteiger partial charge in [0.05, 0.1) is 5.75 Å². The van der Waals surface area contributed by atoms with Crippen LogP contribution in [-0.4, -0.2) is 26.0 Å². The summed E-state index contributed by atoms with van der Waals surface area (Å²) in [6.07, 6.45) is 1.32. The van der Waals surface area contributed by atoms with Gasteiger partial charge in [0.25, 0.3) is 0 Å². The van der Waals surface area contributed by atoms with Crippen LogP contribution in [0.15, 0.2) is 54.6 Å². The van der Waals surface area contributed by atoms with Gasteiger partial charge in [-0.25, -0.2) is 8.42 Å². The minimum Gasteiger partial charge on any atom is -0.327 e. The molecule has 0 radical (unpaired) electrons. The van der Waals surface area contributed by atoms with Crippen LogP contribution in [-0.2, 0) is 16.4 Å². The van der Waals surface area contributed by atoms with E-state index in [9.17, 15) is 13.2 Å². The lowest BCUT2D eigenvalue weighted by Gasteiger charge is -2.14. The van der Waals surface area contributed by atoms with Crippen molar-refractivity contribution in [2.45, 2.75) is 25.8 Å². The molecule has 0 saturated carbocycles. The Morgan fingerprint density at radius 3 is 2.50 bits per heavy atom. The Morgan fingerprint density at radius 1 is 1.12 bits per heavy atom. The van der Waals surface area contributed by atoms with E-state index in [0.717, 1.165) is 12.0 Å². The number of ketones is 1. The highest BCUT2D eigenvalue weighted by Gasteiger charge is 2.16. The van der Waals surface area contributed by atoms with Crippen LogP contribution in [0.3, 0.4) is 0 Å². The summed E-state index contributed by atoms with van der Waals surface area (Å²) in [5.74, 6) is -0.278. The highest BCUT2D eigenvalue weighted by molar-refractivity contribution is 7.92. The molecule has 0 spiro atoms. The van der Waals surface area contributed by atoms with E-state index in [1.54, 1.807) is 18.2 Å². The minimum atomic E-state index is -3.57. The summed E-state index contributed by atoms with van der Waals surface area (Å²) in [6.45, 7) is 1.44. The van der Waals surface area contributed by atoms with Crippen molar-refractivity contribution in [3.63, 3.8) is 0 Å². The van der Waals surface area contributed by atoms with E-state index >= 15 is 0 Å². The first-order valence-electron chi connectivity index (χ1n) is 7.77. The van der Waals surface area contributed by atoms with Gasteiger partial charge in [-0.1, -0.05) is 42.5 Å². The van der Waals surface area contributed by atoms with Gasteiger partial charge in [0.15, 0.2) is 5.78 Å². The third kappa shape index (κ3) is 5.79. The molecule has 6 heteroatoms. The molecule has 2 aromatic carbocycles. The molecule has 24 heavy (non-hydrogen) atoms. The Bertz CT molecular complexity index is 789. The molecule has 0 bridgehead atoms. The van der Waals surface area contributed by atoms with Gasteiger partial charge in [-0.3, -0.25) is 9.52 Å². The molecule has 2 aromatic rings. The third-order valence-corrected chi connectivity index (χ3v) is 5.04. The van der Waals surface area contributed by atoms with Crippen molar-refractivity contribution in [3.8, 4) is 0 Å².